The molecule has 1 rings (SSSR count). The molecular weight excluding hydrogens is 268 g/mol. The zero-order valence-corrected chi connectivity index (χ0v) is 14.5. The highest BCUT2D eigenvalue weighted by atomic mass is 33.1. The van der Waals surface area contributed by atoms with Crippen LogP contribution in [0.1, 0.15) is 96.3 Å². The van der Waals surface area contributed by atoms with E-state index >= 15 is 0 Å². The van der Waals surface area contributed by atoms with Crippen LogP contribution in [0.5, 0.6) is 0 Å². The van der Waals surface area contributed by atoms with Gasteiger partial charge in [0.15, 0.2) is 0 Å². The Hall–Kier alpha value is 0.700. The highest BCUT2D eigenvalue weighted by Gasteiger charge is 1.97. The van der Waals surface area contributed by atoms with E-state index in [2.05, 4.69) is 21.6 Å². The van der Waals surface area contributed by atoms with Crippen molar-refractivity contribution in [2.75, 3.05) is 11.5 Å². The number of hydrogen-bond donors (Lipinski definition) is 0. The van der Waals surface area contributed by atoms with Crippen LogP contribution in [0.3, 0.4) is 0 Å². The molecule has 0 nitrogen and oxygen atoms in total. The maximum atomic E-state index is 2.12. The van der Waals surface area contributed by atoms with Gasteiger partial charge in [-0.3, -0.25) is 0 Å². The summed E-state index contributed by atoms with van der Waals surface area (Å²) in [5, 5.41) is 0. The molecule has 1 fully saturated rings. The summed E-state index contributed by atoms with van der Waals surface area (Å²) in [6.45, 7) is 0. The molecule has 2 heteroatoms. The fourth-order valence-corrected chi connectivity index (χ4v) is 5.03. The molecule has 0 bridgehead atoms. The quantitative estimate of drug-likeness (QED) is 0.433. The van der Waals surface area contributed by atoms with E-state index in [-0.39, 0.29) is 0 Å². The Morgan fingerprint density at radius 2 is 0.474 bits per heavy atom. The van der Waals surface area contributed by atoms with Gasteiger partial charge in [-0.1, -0.05) is 105 Å². The summed E-state index contributed by atoms with van der Waals surface area (Å²) in [5.41, 5.74) is 0. The lowest BCUT2D eigenvalue weighted by atomic mass is 10.0. The maximum absolute atomic E-state index is 2.12. The van der Waals surface area contributed by atoms with Gasteiger partial charge < -0.3 is 0 Å². The Bertz CT molecular complexity index is 89.9. The predicted octanol–water partition coefficient (Wildman–Crippen LogP) is 7.23. The van der Waals surface area contributed by atoms with Gasteiger partial charge in [-0.15, -0.1) is 0 Å². The molecule has 19 heavy (non-hydrogen) atoms. The van der Waals surface area contributed by atoms with Crippen molar-refractivity contribution in [2.24, 2.45) is 0 Å². The molecule has 1 heterocycles. The van der Waals surface area contributed by atoms with E-state index in [0.717, 1.165) is 0 Å². The first kappa shape index (κ1) is 17.8. The second-order valence-corrected chi connectivity index (χ2v) is 8.65. The molecule has 0 aromatic rings. The molecule has 1 saturated heterocycles. The third kappa shape index (κ3) is 13.4. The molecule has 0 saturated carbocycles. The van der Waals surface area contributed by atoms with E-state index < -0.39 is 0 Å². The molecule has 0 radical (unpaired) electrons. The number of hydrogen-bond acceptors (Lipinski definition) is 2. The zero-order valence-electron chi connectivity index (χ0n) is 12.8. The fraction of sp³-hybridized carbons (Fsp3) is 1.00. The molecule has 0 aromatic carbocycles. The third-order valence-corrected chi connectivity index (χ3v) is 6.62. The molecule has 0 spiro atoms. The Balaban J connectivity index is 2.01. The van der Waals surface area contributed by atoms with E-state index in [4.69, 9.17) is 0 Å². The lowest BCUT2D eigenvalue weighted by Crippen LogP contribution is -1.83. The normalized spacial score (nSPS) is 24.0. The summed E-state index contributed by atoms with van der Waals surface area (Å²) in [5.74, 6) is 2.76. The molecule has 114 valence electrons. The minimum Gasteiger partial charge on any atom is -0.0942 e. The van der Waals surface area contributed by atoms with Crippen LogP contribution < -0.4 is 0 Å². The van der Waals surface area contributed by atoms with Gasteiger partial charge >= 0.3 is 0 Å². The second-order valence-electron chi connectivity index (χ2n) is 5.95. The van der Waals surface area contributed by atoms with Crippen LogP contribution in [-0.2, 0) is 0 Å². The van der Waals surface area contributed by atoms with Crippen LogP contribution in [0.2, 0.25) is 0 Å². The van der Waals surface area contributed by atoms with Crippen molar-refractivity contribution >= 4 is 21.6 Å². The van der Waals surface area contributed by atoms with Gasteiger partial charge in [0, 0.05) is 11.5 Å². The van der Waals surface area contributed by atoms with Gasteiger partial charge in [0.05, 0.1) is 0 Å². The summed E-state index contributed by atoms with van der Waals surface area (Å²) < 4.78 is 0. The Labute approximate surface area is 129 Å². The van der Waals surface area contributed by atoms with E-state index in [1.807, 2.05) is 0 Å². The zero-order chi connectivity index (χ0) is 13.4. The lowest BCUT2D eigenvalue weighted by molar-refractivity contribution is 0.535. The summed E-state index contributed by atoms with van der Waals surface area (Å²) in [6.07, 6.45) is 22.2. The molecule has 0 N–H and O–H groups in total. The molecule has 0 amide bonds. The second kappa shape index (κ2) is 15.1. The lowest BCUT2D eigenvalue weighted by Gasteiger charge is -2.02. The molecular formula is C17H34S2. The van der Waals surface area contributed by atoms with Crippen molar-refractivity contribution in [3.63, 3.8) is 0 Å². The Kier molecular flexibility index (Phi) is 14.1. The minimum absolute atomic E-state index is 1.38. The minimum atomic E-state index is 1.38. The van der Waals surface area contributed by atoms with Gasteiger partial charge in [0.2, 0.25) is 0 Å². The maximum Gasteiger partial charge on any atom is 0.00369 e. The summed E-state index contributed by atoms with van der Waals surface area (Å²) in [4.78, 5) is 0. The van der Waals surface area contributed by atoms with Crippen molar-refractivity contribution in [2.45, 2.75) is 96.3 Å². The first-order valence-corrected chi connectivity index (χ1v) is 11.2. The van der Waals surface area contributed by atoms with Gasteiger partial charge in [-0.05, 0) is 12.8 Å². The highest BCUT2D eigenvalue weighted by molar-refractivity contribution is 8.76. The van der Waals surface area contributed by atoms with E-state index in [0.29, 0.717) is 0 Å². The van der Waals surface area contributed by atoms with Crippen LogP contribution in [-0.4, -0.2) is 11.5 Å². The van der Waals surface area contributed by atoms with Crippen molar-refractivity contribution in [1.82, 2.24) is 0 Å². The van der Waals surface area contributed by atoms with Crippen LogP contribution in [0.4, 0.5) is 0 Å². The van der Waals surface area contributed by atoms with E-state index in [1.165, 1.54) is 108 Å². The molecule has 1 aliphatic rings. The largest absolute Gasteiger partial charge is 0.0942 e. The first-order chi connectivity index (χ1) is 9.50. The van der Waals surface area contributed by atoms with Crippen LogP contribution in [0.25, 0.3) is 0 Å². The summed E-state index contributed by atoms with van der Waals surface area (Å²) in [7, 11) is 4.23. The van der Waals surface area contributed by atoms with Crippen molar-refractivity contribution in [1.29, 1.82) is 0 Å². The average Bonchev–Trinajstić information content (AvgIpc) is 2.43. The number of rotatable bonds is 0. The van der Waals surface area contributed by atoms with Gasteiger partial charge in [0.1, 0.15) is 0 Å². The monoisotopic (exact) mass is 302 g/mol. The van der Waals surface area contributed by atoms with Crippen LogP contribution in [0, 0.1) is 0 Å². The summed E-state index contributed by atoms with van der Waals surface area (Å²) in [6, 6.07) is 0. The molecule has 0 atom stereocenters. The fourth-order valence-electron chi connectivity index (χ4n) is 2.74. The Morgan fingerprint density at radius 1 is 0.263 bits per heavy atom. The third-order valence-electron chi connectivity index (χ3n) is 4.04. The highest BCUT2D eigenvalue weighted by Crippen LogP contribution is 2.25. The van der Waals surface area contributed by atoms with E-state index in [1.54, 1.807) is 0 Å². The average molecular weight is 303 g/mol. The van der Waals surface area contributed by atoms with Crippen molar-refractivity contribution in [3.8, 4) is 0 Å². The van der Waals surface area contributed by atoms with E-state index in [9.17, 15) is 0 Å². The molecule has 0 aliphatic carbocycles. The van der Waals surface area contributed by atoms with Crippen LogP contribution >= 0.6 is 21.6 Å². The smallest absolute Gasteiger partial charge is 0.00369 e. The Morgan fingerprint density at radius 3 is 0.737 bits per heavy atom. The molecule has 0 unspecified atom stereocenters. The standard InChI is InChI=1S/C17H34S2/c1-2-4-6-8-10-12-14-16-18-19-17-15-13-11-9-7-5-3-1/h1-17H2. The SMILES string of the molecule is C1CCCCCCCCSSCCCCCCCC1. The van der Waals surface area contributed by atoms with Crippen LogP contribution in [0.15, 0.2) is 0 Å². The molecule has 0 aromatic heterocycles. The topological polar surface area (TPSA) is 0 Å². The van der Waals surface area contributed by atoms with Crippen molar-refractivity contribution in [3.05, 3.63) is 0 Å². The summed E-state index contributed by atoms with van der Waals surface area (Å²) >= 11 is 0. The predicted molar refractivity (Wildman–Crippen MR) is 94.2 cm³/mol. The first-order valence-electron chi connectivity index (χ1n) is 8.74. The van der Waals surface area contributed by atoms with Crippen molar-refractivity contribution < 1.29 is 0 Å². The van der Waals surface area contributed by atoms with Gasteiger partial charge in [-0.2, -0.15) is 0 Å². The molecule has 1 aliphatic heterocycles. The van der Waals surface area contributed by atoms with Gasteiger partial charge in [-0.25, -0.2) is 0 Å². The van der Waals surface area contributed by atoms with Gasteiger partial charge in [0.25, 0.3) is 0 Å².